The van der Waals surface area contributed by atoms with Gasteiger partial charge in [0.25, 0.3) is 0 Å². The minimum absolute atomic E-state index is 0.251. The average Bonchev–Trinajstić information content (AvgIpc) is 2.58. The van der Waals surface area contributed by atoms with E-state index in [1.165, 1.54) is 11.8 Å². The lowest BCUT2D eigenvalue weighted by molar-refractivity contribution is 0.0696. The Bertz CT molecular complexity index is 551. The van der Waals surface area contributed by atoms with Gasteiger partial charge in [0.15, 0.2) is 0 Å². The predicted molar refractivity (Wildman–Crippen MR) is 77.3 cm³/mol. The van der Waals surface area contributed by atoms with Crippen molar-refractivity contribution in [3.63, 3.8) is 0 Å². The van der Waals surface area contributed by atoms with Crippen LogP contribution in [0.1, 0.15) is 15.9 Å². The Morgan fingerprint density at radius 2 is 2.06 bits per heavy atom. The molecule has 0 aliphatic carbocycles. The van der Waals surface area contributed by atoms with Crippen LogP contribution in [0.2, 0.25) is 0 Å². The van der Waals surface area contributed by atoms with E-state index in [4.69, 9.17) is 29.5 Å². The van der Waals surface area contributed by atoms with Crippen LogP contribution in [0.3, 0.4) is 0 Å². The molecule has 86 valence electrons. The van der Waals surface area contributed by atoms with Crippen molar-refractivity contribution >= 4 is 57.6 Å². The molecule has 1 fully saturated rings. The third kappa shape index (κ3) is 2.71. The molecule has 0 bridgehead atoms. The standard InChI is InChI=1S/C11H7NO2S3/c13-10(14)7-4-2-1-3-6(7)5-8-9(15)12-11(16)17-8/h1-5H,(H,13,14)(H,12,15,16). The van der Waals surface area contributed by atoms with Gasteiger partial charge in [0, 0.05) is 4.91 Å². The van der Waals surface area contributed by atoms with Crippen LogP contribution in [-0.2, 0) is 0 Å². The summed E-state index contributed by atoms with van der Waals surface area (Å²) in [6.07, 6.45) is 1.74. The zero-order valence-corrected chi connectivity index (χ0v) is 10.9. The number of hydrogen-bond donors (Lipinski definition) is 2. The number of aromatic carboxylic acids is 1. The molecule has 6 heteroatoms. The van der Waals surface area contributed by atoms with Crippen molar-refractivity contribution in [2.75, 3.05) is 0 Å². The molecule has 2 N–H and O–H groups in total. The van der Waals surface area contributed by atoms with Crippen LogP contribution in [0.4, 0.5) is 0 Å². The minimum Gasteiger partial charge on any atom is -0.478 e. The molecule has 1 heterocycles. The van der Waals surface area contributed by atoms with Gasteiger partial charge in [-0.3, -0.25) is 0 Å². The number of carbonyl (C=O) groups is 1. The molecule has 0 unspecified atom stereocenters. The minimum atomic E-state index is -0.957. The van der Waals surface area contributed by atoms with Crippen molar-refractivity contribution in [2.24, 2.45) is 0 Å². The molecule has 1 aliphatic heterocycles. The van der Waals surface area contributed by atoms with E-state index in [1.807, 2.05) is 0 Å². The van der Waals surface area contributed by atoms with Crippen LogP contribution in [-0.4, -0.2) is 20.4 Å². The predicted octanol–water partition coefficient (Wildman–Crippen LogP) is 2.67. The van der Waals surface area contributed by atoms with Gasteiger partial charge in [0.1, 0.15) is 9.31 Å². The van der Waals surface area contributed by atoms with Crippen LogP contribution < -0.4 is 5.32 Å². The van der Waals surface area contributed by atoms with Crippen LogP contribution >= 0.6 is 36.2 Å². The van der Waals surface area contributed by atoms with Crippen molar-refractivity contribution < 1.29 is 9.90 Å². The van der Waals surface area contributed by atoms with E-state index < -0.39 is 5.97 Å². The summed E-state index contributed by atoms with van der Waals surface area (Å²) in [5.41, 5.74) is 0.873. The lowest BCUT2D eigenvalue weighted by atomic mass is 10.1. The number of thiocarbonyl (C=S) groups is 2. The van der Waals surface area contributed by atoms with Crippen LogP contribution in [0.15, 0.2) is 29.2 Å². The first-order chi connectivity index (χ1) is 8.08. The van der Waals surface area contributed by atoms with Crippen LogP contribution in [0.25, 0.3) is 6.08 Å². The molecule has 2 rings (SSSR count). The Labute approximate surface area is 113 Å². The van der Waals surface area contributed by atoms with Gasteiger partial charge < -0.3 is 10.4 Å². The average molecular weight is 281 g/mol. The molecule has 1 aromatic rings. The fourth-order valence-corrected chi connectivity index (χ4v) is 2.85. The van der Waals surface area contributed by atoms with Gasteiger partial charge in [-0.1, -0.05) is 54.4 Å². The van der Waals surface area contributed by atoms with E-state index in [0.717, 1.165) is 4.91 Å². The van der Waals surface area contributed by atoms with Crippen molar-refractivity contribution in [2.45, 2.75) is 0 Å². The van der Waals surface area contributed by atoms with E-state index in [-0.39, 0.29) is 5.56 Å². The summed E-state index contributed by atoms with van der Waals surface area (Å²) in [6, 6.07) is 6.77. The molecule has 3 nitrogen and oxygen atoms in total. The van der Waals surface area contributed by atoms with E-state index in [2.05, 4.69) is 5.32 Å². The Balaban J connectivity index is 2.42. The second-order valence-electron chi connectivity index (χ2n) is 3.24. The summed E-state index contributed by atoms with van der Waals surface area (Å²) in [5.74, 6) is -0.957. The topological polar surface area (TPSA) is 49.3 Å². The fourth-order valence-electron chi connectivity index (χ4n) is 1.38. The SMILES string of the molecule is O=C(O)c1ccccc1C=C1SC(=S)NC1=S. The number of carboxylic acid groups (broad SMARTS) is 1. The quantitative estimate of drug-likeness (QED) is 0.642. The smallest absolute Gasteiger partial charge is 0.336 e. The van der Waals surface area contributed by atoms with Gasteiger partial charge in [0.05, 0.1) is 5.56 Å². The Kier molecular flexibility index (Phi) is 3.56. The molecule has 0 saturated carbocycles. The normalized spacial score (nSPS) is 17.3. The Morgan fingerprint density at radius 3 is 2.65 bits per heavy atom. The molecule has 0 atom stereocenters. The molecule has 1 aromatic carbocycles. The summed E-state index contributed by atoms with van der Waals surface area (Å²) >= 11 is 11.4. The Hall–Kier alpha value is -1.24. The number of nitrogens with one attached hydrogen (secondary N) is 1. The summed E-state index contributed by atoms with van der Waals surface area (Å²) in [4.78, 5) is 12.3. The monoisotopic (exact) mass is 281 g/mol. The van der Waals surface area contributed by atoms with Crippen molar-refractivity contribution in [1.82, 2.24) is 5.32 Å². The molecule has 17 heavy (non-hydrogen) atoms. The van der Waals surface area contributed by atoms with Crippen LogP contribution in [0, 0.1) is 0 Å². The second-order valence-corrected chi connectivity index (χ2v) is 5.37. The molecular weight excluding hydrogens is 274 g/mol. The van der Waals surface area contributed by atoms with E-state index in [0.29, 0.717) is 14.9 Å². The zero-order valence-electron chi connectivity index (χ0n) is 8.47. The highest BCUT2D eigenvalue weighted by atomic mass is 32.2. The van der Waals surface area contributed by atoms with Crippen LogP contribution in [0.5, 0.6) is 0 Å². The second kappa shape index (κ2) is 4.95. The number of rotatable bonds is 2. The van der Waals surface area contributed by atoms with Gasteiger partial charge in [-0.05, 0) is 17.7 Å². The molecule has 0 spiro atoms. The fraction of sp³-hybridized carbons (Fsp3) is 0. The maximum Gasteiger partial charge on any atom is 0.336 e. The molecule has 1 saturated heterocycles. The molecule has 0 radical (unpaired) electrons. The molecule has 0 amide bonds. The highest BCUT2D eigenvalue weighted by Gasteiger charge is 2.19. The number of carboxylic acids is 1. The van der Waals surface area contributed by atoms with E-state index in [9.17, 15) is 4.79 Å². The van der Waals surface area contributed by atoms with Gasteiger partial charge in [0.2, 0.25) is 0 Å². The van der Waals surface area contributed by atoms with Crippen molar-refractivity contribution in [1.29, 1.82) is 0 Å². The van der Waals surface area contributed by atoms with Crippen molar-refractivity contribution in [3.8, 4) is 0 Å². The maximum absolute atomic E-state index is 11.0. The van der Waals surface area contributed by atoms with E-state index in [1.54, 1.807) is 30.3 Å². The first kappa shape index (κ1) is 12.2. The summed E-state index contributed by atoms with van der Waals surface area (Å²) in [6.45, 7) is 0. The lowest BCUT2D eigenvalue weighted by Crippen LogP contribution is -2.15. The third-order valence-electron chi connectivity index (χ3n) is 2.12. The van der Waals surface area contributed by atoms with Gasteiger partial charge in [-0.25, -0.2) is 4.79 Å². The number of thioether (sulfide) groups is 1. The number of hydrogen-bond acceptors (Lipinski definition) is 4. The number of benzene rings is 1. The highest BCUT2D eigenvalue weighted by molar-refractivity contribution is 8.27. The summed E-state index contributed by atoms with van der Waals surface area (Å²) < 4.78 is 0.592. The van der Waals surface area contributed by atoms with Gasteiger partial charge in [-0.15, -0.1) is 0 Å². The van der Waals surface area contributed by atoms with Crippen molar-refractivity contribution in [3.05, 3.63) is 40.3 Å². The molecule has 1 aliphatic rings. The highest BCUT2D eigenvalue weighted by Crippen LogP contribution is 2.27. The molecule has 0 aromatic heterocycles. The maximum atomic E-state index is 11.0. The van der Waals surface area contributed by atoms with E-state index >= 15 is 0 Å². The van der Waals surface area contributed by atoms with Gasteiger partial charge >= 0.3 is 5.97 Å². The summed E-state index contributed by atoms with van der Waals surface area (Å²) in [7, 11) is 0. The third-order valence-corrected chi connectivity index (χ3v) is 3.75. The largest absolute Gasteiger partial charge is 0.478 e. The lowest BCUT2D eigenvalue weighted by Gasteiger charge is -2.01. The zero-order chi connectivity index (χ0) is 12.4. The Morgan fingerprint density at radius 1 is 1.35 bits per heavy atom. The molecular formula is C11H7NO2S3. The first-order valence-corrected chi connectivity index (χ1v) is 6.28. The summed E-state index contributed by atoms with van der Waals surface area (Å²) in [5, 5.41) is 11.9. The van der Waals surface area contributed by atoms with Gasteiger partial charge in [-0.2, -0.15) is 0 Å². The first-order valence-electron chi connectivity index (χ1n) is 4.65.